The number of Topliss-reactive ketones (excluding diaryl/α,β-unsaturated/α-hetero) is 1. The van der Waals surface area contributed by atoms with E-state index in [4.69, 9.17) is 0 Å². The molecule has 2 rings (SSSR count). The summed E-state index contributed by atoms with van der Waals surface area (Å²) in [5.74, 6) is 0.0909. The van der Waals surface area contributed by atoms with Crippen LogP contribution in [0.5, 0.6) is 0 Å². The smallest absolute Gasteiger partial charge is 0.169 e. The molecule has 2 heteroatoms. The van der Waals surface area contributed by atoms with Gasteiger partial charge in [0.2, 0.25) is 0 Å². The number of aliphatic hydroxyl groups is 1. The molecular formula is C14H18O2. The Bertz CT molecular complexity index is 381. The molecule has 1 fully saturated rings. The molecule has 0 amide bonds. The van der Waals surface area contributed by atoms with Crippen molar-refractivity contribution in [3.05, 3.63) is 35.9 Å². The van der Waals surface area contributed by atoms with Crippen LogP contribution in [0.25, 0.3) is 0 Å². The minimum absolute atomic E-state index is 0.0793. The molecule has 0 aliphatic heterocycles. The third-order valence-corrected chi connectivity index (χ3v) is 3.69. The van der Waals surface area contributed by atoms with Gasteiger partial charge in [-0.15, -0.1) is 0 Å². The molecule has 1 aromatic carbocycles. The summed E-state index contributed by atoms with van der Waals surface area (Å²) in [6.07, 6.45) is 1.65. The second kappa shape index (κ2) is 4.02. The molecule has 1 saturated carbocycles. The van der Waals surface area contributed by atoms with E-state index in [2.05, 4.69) is 0 Å². The summed E-state index contributed by atoms with van der Waals surface area (Å²) in [5.41, 5.74) is -0.131. The molecule has 0 spiro atoms. The maximum atomic E-state index is 12.3. The Morgan fingerprint density at radius 1 is 1.38 bits per heavy atom. The average molecular weight is 218 g/mol. The number of carbonyl (C=O) groups excluding carboxylic acids is 1. The molecule has 1 aliphatic carbocycles. The fourth-order valence-electron chi connectivity index (χ4n) is 2.78. The van der Waals surface area contributed by atoms with Crippen molar-refractivity contribution in [1.29, 1.82) is 0 Å². The Morgan fingerprint density at radius 3 is 2.50 bits per heavy atom. The van der Waals surface area contributed by atoms with Gasteiger partial charge in [0.05, 0.1) is 11.5 Å². The first-order valence-electron chi connectivity index (χ1n) is 5.84. The van der Waals surface area contributed by atoms with Crippen LogP contribution in [0.2, 0.25) is 0 Å². The predicted molar refractivity (Wildman–Crippen MR) is 63.3 cm³/mol. The van der Waals surface area contributed by atoms with Crippen molar-refractivity contribution in [2.24, 2.45) is 11.8 Å². The van der Waals surface area contributed by atoms with Crippen molar-refractivity contribution in [3.63, 3.8) is 0 Å². The Balaban J connectivity index is 2.28. The number of hydrogen-bond acceptors (Lipinski definition) is 2. The van der Waals surface area contributed by atoms with E-state index in [0.717, 1.165) is 12.8 Å². The summed E-state index contributed by atoms with van der Waals surface area (Å²) in [6, 6.07) is 9.27. The number of ketones is 1. The highest BCUT2D eigenvalue weighted by Crippen LogP contribution is 2.41. The molecule has 1 aromatic rings. The van der Waals surface area contributed by atoms with Gasteiger partial charge in [0.25, 0.3) is 0 Å². The van der Waals surface area contributed by atoms with Crippen LogP contribution in [0.15, 0.2) is 30.3 Å². The molecule has 86 valence electrons. The molecular weight excluding hydrogens is 200 g/mol. The first kappa shape index (κ1) is 11.3. The molecule has 1 aliphatic rings. The van der Waals surface area contributed by atoms with E-state index in [1.165, 1.54) is 0 Å². The lowest BCUT2D eigenvalue weighted by molar-refractivity contribution is 0.0156. The standard InChI is InChI=1S/C14H18O2/c1-10-8-9-14(2,16)12(10)13(15)11-6-4-3-5-7-11/h3-7,10,12,16H,8-9H2,1-2H3/t10-,12-,14-/m0/s1. The lowest BCUT2D eigenvalue weighted by Crippen LogP contribution is -2.37. The van der Waals surface area contributed by atoms with Crippen LogP contribution >= 0.6 is 0 Å². The minimum Gasteiger partial charge on any atom is -0.389 e. The monoisotopic (exact) mass is 218 g/mol. The zero-order valence-corrected chi connectivity index (χ0v) is 9.81. The average Bonchev–Trinajstić information content (AvgIpc) is 2.53. The predicted octanol–water partition coefficient (Wildman–Crippen LogP) is 2.67. The molecule has 0 saturated heterocycles. The molecule has 16 heavy (non-hydrogen) atoms. The van der Waals surface area contributed by atoms with Crippen LogP contribution in [0.4, 0.5) is 0 Å². The molecule has 0 bridgehead atoms. The number of hydrogen-bond donors (Lipinski definition) is 1. The Kier molecular flexibility index (Phi) is 2.85. The maximum absolute atomic E-state index is 12.3. The Labute approximate surface area is 96.3 Å². The van der Waals surface area contributed by atoms with E-state index >= 15 is 0 Å². The van der Waals surface area contributed by atoms with E-state index < -0.39 is 5.60 Å². The molecule has 2 nitrogen and oxygen atoms in total. The first-order valence-corrected chi connectivity index (χ1v) is 5.84. The molecule has 0 radical (unpaired) electrons. The third-order valence-electron chi connectivity index (χ3n) is 3.69. The van der Waals surface area contributed by atoms with Crippen molar-refractivity contribution >= 4 is 5.78 Å². The fourth-order valence-corrected chi connectivity index (χ4v) is 2.78. The quantitative estimate of drug-likeness (QED) is 0.775. The van der Waals surface area contributed by atoms with Crippen LogP contribution in [0, 0.1) is 11.8 Å². The molecule has 0 unspecified atom stereocenters. The maximum Gasteiger partial charge on any atom is 0.169 e. The van der Waals surface area contributed by atoms with Crippen LogP contribution in [-0.2, 0) is 0 Å². The largest absolute Gasteiger partial charge is 0.389 e. The Hall–Kier alpha value is -1.15. The Morgan fingerprint density at radius 2 is 2.00 bits per heavy atom. The molecule has 1 N–H and O–H groups in total. The lowest BCUT2D eigenvalue weighted by Gasteiger charge is -2.26. The highest BCUT2D eigenvalue weighted by molar-refractivity contribution is 5.98. The van der Waals surface area contributed by atoms with Gasteiger partial charge in [0.15, 0.2) is 5.78 Å². The number of benzene rings is 1. The van der Waals surface area contributed by atoms with Crippen LogP contribution in [0.3, 0.4) is 0 Å². The van der Waals surface area contributed by atoms with E-state index in [1.54, 1.807) is 6.92 Å². The van der Waals surface area contributed by atoms with Crippen LogP contribution in [0.1, 0.15) is 37.0 Å². The van der Waals surface area contributed by atoms with E-state index in [1.807, 2.05) is 37.3 Å². The van der Waals surface area contributed by atoms with Crippen LogP contribution < -0.4 is 0 Å². The normalized spacial score (nSPS) is 33.9. The van der Waals surface area contributed by atoms with Gasteiger partial charge in [-0.2, -0.15) is 0 Å². The highest BCUT2D eigenvalue weighted by Gasteiger charge is 2.46. The zero-order chi connectivity index (χ0) is 11.8. The van der Waals surface area contributed by atoms with Crippen molar-refractivity contribution in [3.8, 4) is 0 Å². The molecule has 0 heterocycles. The van der Waals surface area contributed by atoms with Gasteiger partial charge >= 0.3 is 0 Å². The minimum atomic E-state index is -0.841. The summed E-state index contributed by atoms with van der Waals surface area (Å²) in [6.45, 7) is 3.83. The van der Waals surface area contributed by atoms with Gasteiger partial charge < -0.3 is 5.11 Å². The van der Waals surface area contributed by atoms with Gasteiger partial charge in [-0.25, -0.2) is 0 Å². The first-order chi connectivity index (χ1) is 7.52. The number of carbonyl (C=O) groups is 1. The summed E-state index contributed by atoms with van der Waals surface area (Å²) < 4.78 is 0. The second-order valence-electron chi connectivity index (χ2n) is 5.08. The van der Waals surface area contributed by atoms with Gasteiger partial charge in [-0.1, -0.05) is 37.3 Å². The zero-order valence-electron chi connectivity index (χ0n) is 9.81. The van der Waals surface area contributed by atoms with E-state index in [-0.39, 0.29) is 17.6 Å². The van der Waals surface area contributed by atoms with Gasteiger partial charge in [-0.05, 0) is 25.7 Å². The summed E-state index contributed by atoms with van der Waals surface area (Å²) in [4.78, 5) is 12.3. The van der Waals surface area contributed by atoms with E-state index in [0.29, 0.717) is 5.56 Å². The lowest BCUT2D eigenvalue weighted by atomic mass is 9.82. The van der Waals surface area contributed by atoms with Crippen LogP contribution in [-0.4, -0.2) is 16.5 Å². The topological polar surface area (TPSA) is 37.3 Å². The van der Waals surface area contributed by atoms with Crippen molar-refractivity contribution in [1.82, 2.24) is 0 Å². The third kappa shape index (κ3) is 1.90. The summed E-state index contributed by atoms with van der Waals surface area (Å²) >= 11 is 0. The fraction of sp³-hybridized carbons (Fsp3) is 0.500. The molecule has 3 atom stereocenters. The SMILES string of the molecule is C[C@H]1CC[C@](C)(O)[C@@H]1C(=O)c1ccccc1. The number of rotatable bonds is 2. The highest BCUT2D eigenvalue weighted by atomic mass is 16.3. The van der Waals surface area contributed by atoms with Crippen molar-refractivity contribution in [2.45, 2.75) is 32.3 Å². The van der Waals surface area contributed by atoms with Crippen molar-refractivity contribution < 1.29 is 9.90 Å². The van der Waals surface area contributed by atoms with Gasteiger partial charge in [0, 0.05) is 5.56 Å². The second-order valence-corrected chi connectivity index (χ2v) is 5.08. The summed E-state index contributed by atoms with van der Waals surface area (Å²) in [7, 11) is 0. The van der Waals surface area contributed by atoms with Gasteiger partial charge in [0.1, 0.15) is 0 Å². The van der Waals surface area contributed by atoms with Crippen molar-refractivity contribution in [2.75, 3.05) is 0 Å². The summed E-state index contributed by atoms with van der Waals surface area (Å²) in [5, 5.41) is 10.2. The molecule has 0 aromatic heterocycles. The van der Waals surface area contributed by atoms with E-state index in [9.17, 15) is 9.90 Å². The van der Waals surface area contributed by atoms with Gasteiger partial charge in [-0.3, -0.25) is 4.79 Å².